The summed E-state index contributed by atoms with van der Waals surface area (Å²) in [5, 5.41) is 0.797. The molecule has 7 heteroatoms. The van der Waals surface area contributed by atoms with E-state index in [1.165, 1.54) is 12.4 Å². The second-order valence-corrected chi connectivity index (χ2v) is 8.93. The zero-order chi connectivity index (χ0) is 25.3. The number of nitrogens with zero attached hydrogens (tertiary/aromatic N) is 4. The molecule has 2 heterocycles. The Bertz CT molecular complexity index is 1480. The Morgan fingerprint density at radius 1 is 0.861 bits per heavy atom. The van der Waals surface area contributed by atoms with Gasteiger partial charge in [0.1, 0.15) is 12.1 Å². The van der Waals surface area contributed by atoms with E-state index >= 15 is 0 Å². The van der Waals surface area contributed by atoms with Crippen LogP contribution in [0.5, 0.6) is 0 Å². The minimum Gasteiger partial charge on any atom is -0.349 e. The molecule has 0 fully saturated rings. The molecule has 0 N–H and O–H groups in total. The van der Waals surface area contributed by atoms with E-state index in [1.807, 2.05) is 54.7 Å². The monoisotopic (exact) mass is 486 g/mol. The van der Waals surface area contributed by atoms with Crippen LogP contribution in [0.4, 0.5) is 19.0 Å². The van der Waals surface area contributed by atoms with E-state index in [4.69, 9.17) is 4.98 Å². The molecule has 182 valence electrons. The average molecular weight is 487 g/mol. The molecule has 0 aliphatic heterocycles. The van der Waals surface area contributed by atoms with E-state index in [1.54, 1.807) is 10.6 Å². The zero-order valence-electron chi connectivity index (χ0n) is 19.9. The fourth-order valence-electron chi connectivity index (χ4n) is 4.41. The van der Waals surface area contributed by atoms with Gasteiger partial charge in [-0.05, 0) is 43.2 Å². The maximum absolute atomic E-state index is 13.5. The van der Waals surface area contributed by atoms with E-state index in [0.717, 1.165) is 40.0 Å². The Kier molecular flexibility index (Phi) is 6.22. The number of hydrogen-bond donors (Lipinski definition) is 0. The molecule has 4 nitrogen and oxygen atoms in total. The molecule has 0 aliphatic carbocycles. The first-order valence-corrected chi connectivity index (χ1v) is 11.7. The summed E-state index contributed by atoms with van der Waals surface area (Å²) in [4.78, 5) is 11.4. The smallest absolute Gasteiger partial charge is 0.349 e. The number of hydrogen-bond acceptors (Lipinski definition) is 3. The highest BCUT2D eigenvalue weighted by Crippen LogP contribution is 2.38. The van der Waals surface area contributed by atoms with Crippen molar-refractivity contribution in [3.8, 4) is 16.8 Å². The molecule has 0 saturated carbocycles. The molecule has 0 bridgehead atoms. The zero-order valence-corrected chi connectivity index (χ0v) is 19.9. The van der Waals surface area contributed by atoms with Crippen molar-refractivity contribution in [2.24, 2.45) is 0 Å². The third-order valence-electron chi connectivity index (χ3n) is 6.19. The van der Waals surface area contributed by atoms with E-state index in [9.17, 15) is 13.2 Å². The van der Waals surface area contributed by atoms with Crippen molar-refractivity contribution in [3.05, 3.63) is 109 Å². The first-order chi connectivity index (χ1) is 17.3. The normalized spacial score (nSPS) is 11.8. The topological polar surface area (TPSA) is 34.0 Å². The number of aromatic nitrogens is 3. The number of alkyl halides is 3. The molecule has 0 unspecified atom stereocenters. The highest BCUT2D eigenvalue weighted by molar-refractivity contribution is 6.02. The molecule has 0 radical (unpaired) electrons. The fraction of sp³-hybridized carbons (Fsp3) is 0.172. The highest BCUT2D eigenvalue weighted by Gasteiger charge is 2.31. The largest absolute Gasteiger partial charge is 0.416 e. The van der Waals surface area contributed by atoms with Crippen molar-refractivity contribution in [1.82, 2.24) is 14.5 Å². The Balaban J connectivity index is 1.75. The van der Waals surface area contributed by atoms with Crippen LogP contribution in [0, 0.1) is 0 Å². The molecule has 5 rings (SSSR count). The third-order valence-corrected chi connectivity index (χ3v) is 6.19. The Morgan fingerprint density at radius 2 is 1.56 bits per heavy atom. The van der Waals surface area contributed by atoms with Crippen molar-refractivity contribution in [3.63, 3.8) is 0 Å². The first-order valence-electron chi connectivity index (χ1n) is 11.7. The maximum Gasteiger partial charge on any atom is 0.416 e. The molecule has 3 aromatic carbocycles. The van der Waals surface area contributed by atoms with Gasteiger partial charge in [-0.25, -0.2) is 9.97 Å². The highest BCUT2D eigenvalue weighted by atomic mass is 19.4. The number of benzene rings is 3. The lowest BCUT2D eigenvalue weighted by Gasteiger charge is -2.29. The van der Waals surface area contributed by atoms with Gasteiger partial charge in [-0.1, -0.05) is 66.7 Å². The van der Waals surface area contributed by atoms with Crippen LogP contribution in [0.15, 0.2) is 97.5 Å². The van der Waals surface area contributed by atoms with Crippen molar-refractivity contribution in [1.29, 1.82) is 0 Å². The Morgan fingerprint density at radius 3 is 2.22 bits per heavy atom. The van der Waals surface area contributed by atoms with Crippen LogP contribution in [0.1, 0.15) is 25.0 Å². The van der Waals surface area contributed by atoms with Crippen LogP contribution in [0.2, 0.25) is 0 Å². The summed E-state index contributed by atoms with van der Waals surface area (Å²) in [7, 11) is 0. The summed E-state index contributed by atoms with van der Waals surface area (Å²) in [6, 6.07) is 25.3. The fourth-order valence-corrected chi connectivity index (χ4v) is 4.41. The van der Waals surface area contributed by atoms with Crippen molar-refractivity contribution in [2.75, 3.05) is 4.90 Å². The quantitative estimate of drug-likeness (QED) is 0.249. The van der Waals surface area contributed by atoms with Crippen molar-refractivity contribution >= 4 is 16.9 Å². The molecule has 2 aromatic heterocycles. The third kappa shape index (κ3) is 4.56. The molecule has 5 aromatic rings. The minimum atomic E-state index is -4.44. The predicted octanol–water partition coefficient (Wildman–Crippen LogP) is 7.52. The van der Waals surface area contributed by atoms with Crippen LogP contribution in [-0.4, -0.2) is 20.6 Å². The molecule has 36 heavy (non-hydrogen) atoms. The second kappa shape index (κ2) is 9.49. The molecular formula is C29H25F3N4. The van der Waals surface area contributed by atoms with Crippen LogP contribution in [-0.2, 0) is 12.7 Å². The number of rotatable bonds is 6. The summed E-state index contributed by atoms with van der Waals surface area (Å²) in [5.74, 6) is 0.739. The van der Waals surface area contributed by atoms with Gasteiger partial charge in [-0.3, -0.25) is 0 Å². The van der Waals surface area contributed by atoms with Crippen LogP contribution in [0.25, 0.3) is 27.8 Å². The lowest BCUT2D eigenvalue weighted by Crippen LogP contribution is -2.31. The summed E-state index contributed by atoms with van der Waals surface area (Å²) >= 11 is 0. The Labute approximate surface area is 207 Å². The molecule has 0 amide bonds. The summed E-state index contributed by atoms with van der Waals surface area (Å²) in [6.07, 6.45) is -1.10. The SMILES string of the molecule is CC(C)N(Cc1ccccc1)c1ncnc2c1c(-c1ccccc1)cn2-c1cccc(C(F)(F)F)c1. The summed E-state index contributed by atoms with van der Waals surface area (Å²) in [5.41, 5.74) is 3.17. The van der Waals surface area contributed by atoms with Gasteiger partial charge in [0.05, 0.1) is 10.9 Å². The number of fused-ring (bicyclic) bond motifs is 1. The summed E-state index contributed by atoms with van der Waals surface area (Å²) in [6.45, 7) is 4.83. The van der Waals surface area contributed by atoms with Crippen LogP contribution >= 0.6 is 0 Å². The van der Waals surface area contributed by atoms with E-state index < -0.39 is 11.7 Å². The van der Waals surface area contributed by atoms with Gasteiger partial charge in [-0.2, -0.15) is 13.2 Å². The van der Waals surface area contributed by atoms with E-state index in [-0.39, 0.29) is 6.04 Å². The van der Waals surface area contributed by atoms with E-state index in [0.29, 0.717) is 17.9 Å². The van der Waals surface area contributed by atoms with E-state index in [2.05, 4.69) is 35.9 Å². The van der Waals surface area contributed by atoms with Gasteiger partial charge in [-0.15, -0.1) is 0 Å². The molecule has 0 saturated heterocycles. The van der Waals surface area contributed by atoms with Gasteiger partial charge >= 0.3 is 6.18 Å². The van der Waals surface area contributed by atoms with Crippen LogP contribution < -0.4 is 4.90 Å². The lowest BCUT2D eigenvalue weighted by molar-refractivity contribution is -0.137. The first kappa shape index (κ1) is 23.6. The van der Waals surface area contributed by atoms with Gasteiger partial charge < -0.3 is 9.47 Å². The number of anilines is 1. The van der Waals surface area contributed by atoms with Gasteiger partial charge in [0.15, 0.2) is 5.65 Å². The van der Waals surface area contributed by atoms with Gasteiger partial charge in [0.2, 0.25) is 0 Å². The Hall–Kier alpha value is -4.13. The van der Waals surface area contributed by atoms with Gasteiger partial charge in [0, 0.05) is 30.0 Å². The predicted molar refractivity (Wildman–Crippen MR) is 137 cm³/mol. The second-order valence-electron chi connectivity index (χ2n) is 8.93. The molecular weight excluding hydrogens is 461 g/mol. The minimum absolute atomic E-state index is 0.115. The standard InChI is InChI=1S/C29H25F3N4/c1-20(2)35(17-21-10-5-3-6-11-21)27-26-25(22-12-7-4-8-13-22)18-36(28(26)34-19-33-27)24-15-9-14-23(16-24)29(30,31)32/h3-16,18-20H,17H2,1-2H3. The van der Waals surface area contributed by atoms with Gasteiger partial charge in [0.25, 0.3) is 0 Å². The van der Waals surface area contributed by atoms with Crippen LogP contribution in [0.3, 0.4) is 0 Å². The molecule has 0 atom stereocenters. The molecule has 0 aliphatic rings. The lowest BCUT2D eigenvalue weighted by atomic mass is 10.1. The summed E-state index contributed by atoms with van der Waals surface area (Å²) < 4.78 is 42.2. The average Bonchev–Trinajstić information content (AvgIpc) is 3.28. The van der Waals surface area contributed by atoms with Crippen molar-refractivity contribution in [2.45, 2.75) is 32.6 Å². The van der Waals surface area contributed by atoms with Crippen molar-refractivity contribution < 1.29 is 13.2 Å². The maximum atomic E-state index is 13.5. The number of halogens is 3. The molecule has 0 spiro atoms.